The molecular formula is C15H16O4. The predicted octanol–water partition coefficient (Wildman–Crippen LogP) is 1.93. The lowest BCUT2D eigenvalue weighted by atomic mass is 10.0. The molecule has 0 saturated carbocycles. The highest BCUT2D eigenvalue weighted by molar-refractivity contribution is 5.33. The zero-order valence-electron chi connectivity index (χ0n) is 10.5. The Bertz CT molecular complexity index is 443. The standard InChI is InChI=1S/C15H16O4/c16-10-18-14-5-1-12(2-6-14)9-13-3-7-15(8-4-13)19-11-17/h1-8,16-17H,9-11H2. The first-order valence-corrected chi connectivity index (χ1v) is 5.97. The fourth-order valence-corrected chi connectivity index (χ4v) is 1.79. The zero-order valence-corrected chi connectivity index (χ0v) is 10.5. The molecule has 0 aliphatic heterocycles. The van der Waals surface area contributed by atoms with E-state index in [1.807, 2.05) is 48.5 Å². The molecule has 4 heteroatoms. The van der Waals surface area contributed by atoms with Crippen molar-refractivity contribution in [2.75, 3.05) is 13.6 Å². The largest absolute Gasteiger partial charge is 0.468 e. The summed E-state index contributed by atoms with van der Waals surface area (Å²) in [4.78, 5) is 0. The Morgan fingerprint density at radius 2 is 1.00 bits per heavy atom. The lowest BCUT2D eigenvalue weighted by molar-refractivity contribution is 0.0981. The molecule has 0 bridgehead atoms. The smallest absolute Gasteiger partial charge is 0.186 e. The van der Waals surface area contributed by atoms with E-state index in [2.05, 4.69) is 0 Å². The third kappa shape index (κ3) is 3.98. The van der Waals surface area contributed by atoms with Crippen molar-refractivity contribution >= 4 is 0 Å². The molecule has 4 nitrogen and oxygen atoms in total. The van der Waals surface area contributed by atoms with Crippen molar-refractivity contribution in [2.45, 2.75) is 6.42 Å². The van der Waals surface area contributed by atoms with Gasteiger partial charge in [-0.15, -0.1) is 0 Å². The summed E-state index contributed by atoms with van der Waals surface area (Å²) in [5.74, 6) is 1.30. The van der Waals surface area contributed by atoms with E-state index < -0.39 is 0 Å². The van der Waals surface area contributed by atoms with Crippen LogP contribution < -0.4 is 9.47 Å². The number of aliphatic hydroxyl groups excluding tert-OH is 2. The van der Waals surface area contributed by atoms with Gasteiger partial charge in [-0.1, -0.05) is 24.3 Å². The molecule has 19 heavy (non-hydrogen) atoms. The van der Waals surface area contributed by atoms with E-state index in [4.69, 9.17) is 19.7 Å². The molecule has 0 spiro atoms. The summed E-state index contributed by atoms with van der Waals surface area (Å²) in [5.41, 5.74) is 2.31. The molecule has 2 aromatic rings. The number of hydrogen-bond acceptors (Lipinski definition) is 4. The van der Waals surface area contributed by atoms with Crippen LogP contribution in [0, 0.1) is 0 Å². The molecule has 0 saturated heterocycles. The molecule has 2 N–H and O–H groups in total. The molecule has 2 rings (SSSR count). The minimum Gasteiger partial charge on any atom is -0.468 e. The van der Waals surface area contributed by atoms with Crippen LogP contribution in [0.15, 0.2) is 48.5 Å². The summed E-state index contributed by atoms with van der Waals surface area (Å²) < 4.78 is 9.94. The predicted molar refractivity (Wildman–Crippen MR) is 71.1 cm³/mol. The van der Waals surface area contributed by atoms with Gasteiger partial charge in [-0.2, -0.15) is 0 Å². The van der Waals surface area contributed by atoms with E-state index in [-0.39, 0.29) is 13.6 Å². The fourth-order valence-electron chi connectivity index (χ4n) is 1.79. The van der Waals surface area contributed by atoms with E-state index >= 15 is 0 Å². The molecule has 2 aromatic carbocycles. The monoisotopic (exact) mass is 260 g/mol. The van der Waals surface area contributed by atoms with E-state index in [0.29, 0.717) is 11.5 Å². The number of rotatable bonds is 6. The van der Waals surface area contributed by atoms with Gasteiger partial charge >= 0.3 is 0 Å². The molecule has 0 aromatic heterocycles. The Balaban J connectivity index is 1.99. The number of ether oxygens (including phenoxy) is 2. The average molecular weight is 260 g/mol. The SMILES string of the molecule is OCOc1ccc(Cc2ccc(OCO)cc2)cc1. The van der Waals surface area contributed by atoms with Gasteiger partial charge in [0.1, 0.15) is 11.5 Å². The summed E-state index contributed by atoms with van der Waals surface area (Å²) in [7, 11) is 0. The van der Waals surface area contributed by atoms with Crippen molar-refractivity contribution in [1.29, 1.82) is 0 Å². The Labute approximate surface area is 111 Å². The average Bonchev–Trinajstić information content (AvgIpc) is 2.44. The number of hydrogen-bond donors (Lipinski definition) is 2. The molecule has 100 valence electrons. The number of aliphatic hydroxyl groups is 2. The normalized spacial score (nSPS) is 10.2. The molecule has 0 radical (unpaired) electrons. The van der Waals surface area contributed by atoms with E-state index in [1.54, 1.807) is 0 Å². The quantitative estimate of drug-likeness (QED) is 0.779. The Morgan fingerprint density at radius 3 is 1.32 bits per heavy atom. The minimum absolute atomic E-state index is 0.314. The topological polar surface area (TPSA) is 58.9 Å². The maximum Gasteiger partial charge on any atom is 0.186 e. The van der Waals surface area contributed by atoms with Gasteiger partial charge in [-0.05, 0) is 41.8 Å². The maximum absolute atomic E-state index is 8.64. The second-order valence-corrected chi connectivity index (χ2v) is 4.01. The van der Waals surface area contributed by atoms with E-state index in [9.17, 15) is 0 Å². The van der Waals surface area contributed by atoms with Gasteiger partial charge in [0.15, 0.2) is 13.6 Å². The van der Waals surface area contributed by atoms with Crippen molar-refractivity contribution in [3.8, 4) is 11.5 Å². The molecule has 0 aliphatic carbocycles. The van der Waals surface area contributed by atoms with Gasteiger partial charge < -0.3 is 19.7 Å². The van der Waals surface area contributed by atoms with Crippen LogP contribution >= 0.6 is 0 Å². The summed E-state index contributed by atoms with van der Waals surface area (Å²) >= 11 is 0. The van der Waals surface area contributed by atoms with Crippen LogP contribution in [0.3, 0.4) is 0 Å². The van der Waals surface area contributed by atoms with E-state index in [0.717, 1.165) is 17.5 Å². The van der Waals surface area contributed by atoms with Crippen LogP contribution in [0.4, 0.5) is 0 Å². The third-order valence-electron chi connectivity index (χ3n) is 2.72. The van der Waals surface area contributed by atoms with Crippen LogP contribution in [0.1, 0.15) is 11.1 Å². The van der Waals surface area contributed by atoms with Gasteiger partial charge in [0, 0.05) is 0 Å². The lowest BCUT2D eigenvalue weighted by Crippen LogP contribution is -1.96. The van der Waals surface area contributed by atoms with Gasteiger partial charge in [-0.3, -0.25) is 0 Å². The maximum atomic E-state index is 8.64. The van der Waals surface area contributed by atoms with Gasteiger partial charge in [-0.25, -0.2) is 0 Å². The Kier molecular flexibility index (Phi) is 4.78. The van der Waals surface area contributed by atoms with Crippen LogP contribution in [-0.4, -0.2) is 23.8 Å². The van der Waals surface area contributed by atoms with Crippen LogP contribution in [-0.2, 0) is 6.42 Å². The lowest BCUT2D eigenvalue weighted by Gasteiger charge is -2.06. The number of benzene rings is 2. The van der Waals surface area contributed by atoms with Crippen molar-refractivity contribution in [3.63, 3.8) is 0 Å². The molecule has 0 heterocycles. The van der Waals surface area contributed by atoms with Crippen LogP contribution in [0.5, 0.6) is 11.5 Å². The van der Waals surface area contributed by atoms with E-state index in [1.165, 1.54) is 0 Å². The molecule has 0 amide bonds. The third-order valence-corrected chi connectivity index (χ3v) is 2.72. The second kappa shape index (κ2) is 6.78. The fraction of sp³-hybridized carbons (Fsp3) is 0.200. The van der Waals surface area contributed by atoms with Crippen LogP contribution in [0.25, 0.3) is 0 Å². The summed E-state index contributed by atoms with van der Waals surface area (Å²) in [5, 5.41) is 17.3. The van der Waals surface area contributed by atoms with Crippen LogP contribution in [0.2, 0.25) is 0 Å². The van der Waals surface area contributed by atoms with Crippen molar-refractivity contribution in [1.82, 2.24) is 0 Å². The first kappa shape index (κ1) is 13.4. The van der Waals surface area contributed by atoms with Gasteiger partial charge in [0.2, 0.25) is 0 Å². The first-order valence-electron chi connectivity index (χ1n) is 5.97. The molecule has 0 aliphatic rings. The molecule has 0 fully saturated rings. The summed E-state index contributed by atoms with van der Waals surface area (Å²) in [6.45, 7) is -0.628. The zero-order chi connectivity index (χ0) is 13.5. The summed E-state index contributed by atoms with van der Waals surface area (Å²) in [6, 6.07) is 15.2. The Hall–Kier alpha value is -2.04. The molecule has 0 unspecified atom stereocenters. The molecular weight excluding hydrogens is 244 g/mol. The highest BCUT2D eigenvalue weighted by atomic mass is 16.6. The minimum atomic E-state index is -0.314. The van der Waals surface area contributed by atoms with Gasteiger partial charge in [0.05, 0.1) is 0 Å². The Morgan fingerprint density at radius 1 is 0.632 bits per heavy atom. The highest BCUT2D eigenvalue weighted by Crippen LogP contribution is 2.17. The first-order chi connectivity index (χ1) is 9.31. The van der Waals surface area contributed by atoms with Crippen molar-refractivity contribution < 1.29 is 19.7 Å². The van der Waals surface area contributed by atoms with Gasteiger partial charge in [0.25, 0.3) is 0 Å². The van der Waals surface area contributed by atoms with Crippen molar-refractivity contribution in [3.05, 3.63) is 59.7 Å². The highest BCUT2D eigenvalue weighted by Gasteiger charge is 1.99. The second-order valence-electron chi connectivity index (χ2n) is 4.01. The van der Waals surface area contributed by atoms with Crippen molar-refractivity contribution in [2.24, 2.45) is 0 Å². The molecule has 0 atom stereocenters. The summed E-state index contributed by atoms with van der Waals surface area (Å²) in [6.07, 6.45) is 0.804.